The minimum absolute atomic E-state index is 0.0601. The summed E-state index contributed by atoms with van der Waals surface area (Å²) in [6.45, 7) is 2.77. The summed E-state index contributed by atoms with van der Waals surface area (Å²) >= 11 is 0. The highest BCUT2D eigenvalue weighted by molar-refractivity contribution is 6.23. The first kappa shape index (κ1) is 27.7. The van der Waals surface area contributed by atoms with Gasteiger partial charge in [0.1, 0.15) is 18.4 Å². The number of fused-ring (bicyclic) bond motifs is 1. The summed E-state index contributed by atoms with van der Waals surface area (Å²) in [5.41, 5.74) is 0.358. The van der Waals surface area contributed by atoms with Crippen molar-refractivity contribution >= 4 is 36.0 Å². The van der Waals surface area contributed by atoms with Crippen LogP contribution in [0.5, 0.6) is 5.75 Å². The van der Waals surface area contributed by atoms with Crippen molar-refractivity contribution < 1.29 is 43.3 Å². The largest absolute Gasteiger partial charge is 0.491 e. The van der Waals surface area contributed by atoms with Gasteiger partial charge in [0.2, 0.25) is 17.7 Å². The van der Waals surface area contributed by atoms with E-state index in [-0.39, 0.29) is 55.5 Å². The summed E-state index contributed by atoms with van der Waals surface area (Å²) in [7, 11) is 0. The van der Waals surface area contributed by atoms with Crippen molar-refractivity contribution in [1.82, 2.24) is 20.9 Å². The fourth-order valence-corrected chi connectivity index (χ4v) is 4.34. The summed E-state index contributed by atoms with van der Waals surface area (Å²) in [6, 6.07) is 3.55. The second kappa shape index (κ2) is 13.5. The topological polar surface area (TPSA) is 180 Å². The Morgan fingerprint density at radius 3 is 2.46 bits per heavy atom. The third kappa shape index (κ3) is 7.11. The van der Waals surface area contributed by atoms with E-state index in [1.54, 1.807) is 6.07 Å². The summed E-state index contributed by atoms with van der Waals surface area (Å²) in [5, 5.41) is 15.2. The number of carbonyl (C=O) groups is 6. The van der Waals surface area contributed by atoms with Gasteiger partial charge in [0.05, 0.1) is 24.3 Å². The molecule has 0 saturated carbocycles. The van der Waals surface area contributed by atoms with E-state index in [1.165, 1.54) is 12.1 Å². The molecule has 1 aromatic rings. The molecule has 3 aliphatic rings. The van der Waals surface area contributed by atoms with Gasteiger partial charge in [-0.2, -0.15) is 0 Å². The number of ether oxygens (including phenoxy) is 2. The van der Waals surface area contributed by atoms with Crippen LogP contribution in [0.3, 0.4) is 0 Å². The lowest BCUT2D eigenvalue weighted by molar-refractivity contribution is -0.136. The molecule has 0 aliphatic carbocycles. The molecule has 3 heterocycles. The highest BCUT2D eigenvalue weighted by atomic mass is 16.5. The van der Waals surface area contributed by atoms with Gasteiger partial charge >= 0.3 is 0 Å². The van der Waals surface area contributed by atoms with Gasteiger partial charge in [0.25, 0.3) is 18.3 Å². The average molecular weight is 519 g/mol. The van der Waals surface area contributed by atoms with Gasteiger partial charge in [-0.05, 0) is 50.6 Å². The van der Waals surface area contributed by atoms with Gasteiger partial charge < -0.3 is 25.2 Å². The van der Waals surface area contributed by atoms with Crippen LogP contribution in [0.1, 0.15) is 46.4 Å². The molecule has 2 fully saturated rings. The molecule has 5 amide bonds. The van der Waals surface area contributed by atoms with Crippen LogP contribution < -0.4 is 20.7 Å². The number of hydrogen-bond donors (Lipinski definition) is 4. The number of piperidine rings is 2. The minimum atomic E-state index is -1.00. The lowest BCUT2D eigenvalue weighted by Gasteiger charge is -2.27. The van der Waals surface area contributed by atoms with Gasteiger partial charge in [-0.3, -0.25) is 39.0 Å². The normalized spacial score (nSPS) is 19.5. The number of carboxylic acid groups (broad SMARTS) is 1. The molecule has 13 nitrogen and oxygen atoms in total. The quantitative estimate of drug-likeness (QED) is 0.185. The van der Waals surface area contributed by atoms with E-state index in [4.69, 9.17) is 19.4 Å². The Hall–Kier alpha value is -3.84. The summed E-state index contributed by atoms with van der Waals surface area (Å²) in [6.07, 6.45) is 1.87. The molecule has 0 radical (unpaired) electrons. The van der Waals surface area contributed by atoms with Crippen molar-refractivity contribution in [3.63, 3.8) is 0 Å². The molecule has 0 bridgehead atoms. The van der Waals surface area contributed by atoms with Crippen LogP contribution in [0, 0.1) is 5.92 Å². The van der Waals surface area contributed by atoms with Crippen molar-refractivity contribution in [1.29, 1.82) is 0 Å². The minimum Gasteiger partial charge on any atom is -0.491 e. The Morgan fingerprint density at radius 2 is 1.76 bits per heavy atom. The van der Waals surface area contributed by atoms with Gasteiger partial charge in [0, 0.05) is 18.9 Å². The zero-order valence-corrected chi connectivity index (χ0v) is 20.2. The summed E-state index contributed by atoms with van der Waals surface area (Å²) in [5.74, 6) is -1.69. The number of carbonyl (C=O) groups excluding carboxylic acids is 5. The van der Waals surface area contributed by atoms with Crippen LogP contribution in [0.2, 0.25) is 0 Å². The first-order chi connectivity index (χ1) is 17.9. The maximum atomic E-state index is 12.8. The second-order valence-electron chi connectivity index (χ2n) is 8.54. The van der Waals surface area contributed by atoms with E-state index < -0.39 is 29.7 Å². The second-order valence-corrected chi connectivity index (χ2v) is 8.54. The number of hydrogen-bond acceptors (Lipinski definition) is 9. The van der Waals surface area contributed by atoms with Gasteiger partial charge in [-0.1, -0.05) is 0 Å². The molecule has 3 aliphatic heterocycles. The smallest absolute Gasteiger partial charge is 0.290 e. The van der Waals surface area contributed by atoms with Gasteiger partial charge in [0.15, 0.2) is 0 Å². The molecule has 37 heavy (non-hydrogen) atoms. The summed E-state index contributed by atoms with van der Waals surface area (Å²) in [4.78, 5) is 70.4. The van der Waals surface area contributed by atoms with Crippen LogP contribution in [-0.2, 0) is 23.9 Å². The zero-order chi connectivity index (χ0) is 26.8. The number of imide groups is 2. The van der Waals surface area contributed by atoms with Crippen LogP contribution in [0.25, 0.3) is 0 Å². The fourth-order valence-electron chi connectivity index (χ4n) is 4.34. The Morgan fingerprint density at radius 1 is 1.05 bits per heavy atom. The predicted octanol–water partition coefficient (Wildman–Crippen LogP) is -0.700. The highest BCUT2D eigenvalue weighted by Crippen LogP contribution is 2.30. The van der Waals surface area contributed by atoms with E-state index >= 15 is 0 Å². The highest BCUT2D eigenvalue weighted by Gasteiger charge is 2.44. The Labute approximate surface area is 212 Å². The first-order valence-electron chi connectivity index (χ1n) is 12.0. The predicted molar refractivity (Wildman–Crippen MR) is 127 cm³/mol. The molecular weight excluding hydrogens is 488 g/mol. The number of nitrogens with one attached hydrogen (secondary N) is 3. The molecule has 0 aromatic heterocycles. The molecule has 1 aromatic carbocycles. The molecule has 0 spiro atoms. The van der Waals surface area contributed by atoms with Crippen LogP contribution in [0.4, 0.5) is 0 Å². The van der Waals surface area contributed by atoms with Crippen molar-refractivity contribution in [2.24, 2.45) is 5.92 Å². The van der Waals surface area contributed by atoms with Crippen LogP contribution >= 0.6 is 0 Å². The molecule has 13 heteroatoms. The van der Waals surface area contributed by atoms with Crippen molar-refractivity contribution in [2.45, 2.75) is 31.7 Å². The van der Waals surface area contributed by atoms with Crippen LogP contribution in [-0.4, -0.2) is 91.5 Å². The standard InChI is InChI=1S/C23H28N4O7.CH2O2/c28-19-4-3-18(21(30)26-19)27-22(31)16-2-1-15(13-17(16)23(27)32)34-12-11-33-10-9-25-20(29)14-5-7-24-8-6-14;2-1-3/h1-2,13-14,18,24H,3-12H2,(H,25,29)(H,26,28,30);1H,(H,2,3). The number of benzene rings is 1. The van der Waals surface area contributed by atoms with Crippen LogP contribution in [0.15, 0.2) is 18.2 Å². The van der Waals surface area contributed by atoms with Gasteiger partial charge in [-0.15, -0.1) is 0 Å². The maximum Gasteiger partial charge on any atom is 0.290 e. The SMILES string of the molecule is O=C1CCC(N2C(=O)c3ccc(OCCOCCNC(=O)C4CCNCC4)cc3C2=O)C(=O)N1.O=CO. The first-order valence-corrected chi connectivity index (χ1v) is 12.0. The number of amides is 5. The molecule has 1 unspecified atom stereocenters. The number of nitrogens with zero attached hydrogens (tertiary/aromatic N) is 1. The van der Waals surface area contributed by atoms with E-state index in [9.17, 15) is 24.0 Å². The molecule has 4 rings (SSSR count). The van der Waals surface area contributed by atoms with E-state index in [1.807, 2.05) is 0 Å². The summed E-state index contributed by atoms with van der Waals surface area (Å²) < 4.78 is 11.1. The van der Waals surface area contributed by atoms with E-state index in [2.05, 4.69) is 16.0 Å². The van der Waals surface area contributed by atoms with E-state index in [0.29, 0.717) is 18.9 Å². The molecule has 4 N–H and O–H groups in total. The van der Waals surface area contributed by atoms with Crippen molar-refractivity contribution in [2.75, 3.05) is 39.5 Å². The zero-order valence-electron chi connectivity index (χ0n) is 20.2. The van der Waals surface area contributed by atoms with Gasteiger partial charge in [-0.25, -0.2) is 0 Å². The third-order valence-corrected chi connectivity index (χ3v) is 6.16. The monoisotopic (exact) mass is 518 g/mol. The van der Waals surface area contributed by atoms with E-state index in [0.717, 1.165) is 30.8 Å². The van der Waals surface area contributed by atoms with Crippen molar-refractivity contribution in [3.8, 4) is 5.75 Å². The lowest BCUT2D eigenvalue weighted by atomic mass is 9.97. The maximum absolute atomic E-state index is 12.8. The molecule has 200 valence electrons. The molecule has 1 atom stereocenters. The molecule has 2 saturated heterocycles. The Kier molecular flexibility index (Phi) is 10.1. The fraction of sp³-hybridized carbons (Fsp3) is 0.500. The molecular formula is C24H30N4O9. The number of rotatable bonds is 9. The lowest BCUT2D eigenvalue weighted by Crippen LogP contribution is -2.54. The third-order valence-electron chi connectivity index (χ3n) is 6.16. The van der Waals surface area contributed by atoms with Crippen molar-refractivity contribution in [3.05, 3.63) is 29.3 Å². The average Bonchev–Trinajstić information content (AvgIpc) is 3.13. The Bertz CT molecular complexity index is 1040. The Balaban J connectivity index is 0.00000121.